The Hall–Kier alpha value is -12.2. The van der Waals surface area contributed by atoms with Gasteiger partial charge in [-0.15, -0.1) is 0 Å². The molecule has 0 fully saturated rings. The lowest BCUT2D eigenvalue weighted by atomic mass is 9.97. The lowest BCUT2D eigenvalue weighted by molar-refractivity contribution is -0.137. The van der Waals surface area contributed by atoms with E-state index in [9.17, 15) is 0 Å². The maximum absolute atomic E-state index is 17.4. The van der Waals surface area contributed by atoms with Crippen molar-refractivity contribution in [3.8, 4) is 112 Å². The third-order valence-corrected chi connectivity index (χ3v) is 17.6. The fourth-order valence-corrected chi connectivity index (χ4v) is 12.9. The van der Waals surface area contributed by atoms with Gasteiger partial charge in [0.25, 0.3) is 0 Å². The van der Waals surface area contributed by atoms with Gasteiger partial charge in [-0.25, -0.2) is 22.0 Å². The van der Waals surface area contributed by atoms with Crippen molar-refractivity contribution in [2.45, 2.75) is 6.18 Å². The summed E-state index contributed by atoms with van der Waals surface area (Å²) in [7, 11) is 0. The first-order valence-electron chi connectivity index (χ1n) is 30.3. The van der Waals surface area contributed by atoms with Crippen LogP contribution in [0.1, 0.15) is 5.56 Å². The van der Waals surface area contributed by atoms with Crippen molar-refractivity contribution in [1.29, 1.82) is 0 Å². The van der Waals surface area contributed by atoms with E-state index in [0.717, 1.165) is 34.4 Å². The monoisotopic (exact) mass is 1250 g/mol. The van der Waals surface area contributed by atoms with Gasteiger partial charge in [-0.3, -0.25) is 19.9 Å². The van der Waals surface area contributed by atoms with E-state index in [-0.39, 0.29) is 22.1 Å². The second-order valence-corrected chi connectivity index (χ2v) is 23.1. The van der Waals surface area contributed by atoms with Gasteiger partial charge in [0.15, 0.2) is 23.3 Å². The van der Waals surface area contributed by atoms with Crippen LogP contribution in [-0.2, 0) is 6.18 Å². The summed E-state index contributed by atoms with van der Waals surface area (Å²) in [6.07, 6.45) is 1.55. The van der Waals surface area contributed by atoms with E-state index in [1.54, 1.807) is 73.3 Å². The molecule has 0 saturated carbocycles. The molecule has 0 aliphatic carbocycles. The van der Waals surface area contributed by atoms with Gasteiger partial charge >= 0.3 is 6.18 Å². The van der Waals surface area contributed by atoms with E-state index in [1.165, 1.54) is 9.13 Å². The van der Waals surface area contributed by atoms with Crippen molar-refractivity contribution in [2.24, 2.45) is 0 Å². The number of pyridine rings is 4. The van der Waals surface area contributed by atoms with E-state index < -0.39 is 63.3 Å². The van der Waals surface area contributed by atoms with Crippen molar-refractivity contribution in [2.75, 3.05) is 0 Å². The number of aromatic nitrogens is 6. The van der Waals surface area contributed by atoms with Gasteiger partial charge in [0.2, 0.25) is 5.82 Å². The lowest BCUT2D eigenvalue weighted by Crippen LogP contribution is -2.16. The van der Waals surface area contributed by atoms with Gasteiger partial charge in [-0.05, 0) is 113 Å². The van der Waals surface area contributed by atoms with Gasteiger partial charge in [-0.2, -0.15) is 13.2 Å². The average molecular weight is 1260 g/mol. The van der Waals surface area contributed by atoms with Crippen LogP contribution in [0.2, 0.25) is 0 Å². The second-order valence-electron chi connectivity index (χ2n) is 23.1. The Morgan fingerprint density at radius 1 is 0.242 bits per heavy atom. The molecule has 0 amide bonds. The number of halogens is 8. The zero-order valence-electron chi connectivity index (χ0n) is 49.8. The predicted molar refractivity (Wildman–Crippen MR) is 360 cm³/mol. The molecule has 456 valence electrons. The summed E-state index contributed by atoms with van der Waals surface area (Å²) in [5, 5.41) is 1.86. The Bertz CT molecular complexity index is 5030. The molecule has 6 heterocycles. The van der Waals surface area contributed by atoms with Crippen molar-refractivity contribution in [3.05, 3.63) is 314 Å². The second kappa shape index (κ2) is 23.2. The highest BCUT2D eigenvalue weighted by Gasteiger charge is 2.41. The molecule has 16 rings (SSSR count). The van der Waals surface area contributed by atoms with E-state index >= 15 is 35.1 Å². The molecule has 10 aromatic carbocycles. The number of hydrogen-bond donors (Lipinski definition) is 0. The van der Waals surface area contributed by atoms with Crippen LogP contribution in [0.5, 0.6) is 0 Å². The first kappa shape index (κ1) is 58.0. The van der Waals surface area contributed by atoms with Crippen molar-refractivity contribution in [1.82, 2.24) is 29.1 Å². The summed E-state index contributed by atoms with van der Waals surface area (Å²) in [5.41, 5.74) is 7.91. The highest BCUT2D eigenvalue weighted by atomic mass is 19.4. The minimum absolute atomic E-state index is 0.216. The average Bonchev–Trinajstić information content (AvgIpc) is 1.59. The Kier molecular flexibility index (Phi) is 14.2. The molecule has 0 aliphatic rings. The zero-order valence-corrected chi connectivity index (χ0v) is 49.8. The summed E-state index contributed by atoms with van der Waals surface area (Å²) < 4.78 is 135. The molecule has 6 nitrogen and oxygen atoms in total. The lowest BCUT2D eigenvalue weighted by Gasteiger charge is -2.23. The molecule has 95 heavy (non-hydrogen) atoms. The third kappa shape index (κ3) is 10.2. The fraction of sp³-hybridized carbons (Fsp3) is 0.0123. The quantitative estimate of drug-likeness (QED) is 0.0735. The van der Waals surface area contributed by atoms with E-state index in [1.807, 2.05) is 194 Å². The Labute approximate surface area is 537 Å². The molecule has 0 atom stereocenters. The van der Waals surface area contributed by atoms with Crippen molar-refractivity contribution in [3.63, 3.8) is 0 Å². The predicted octanol–water partition coefficient (Wildman–Crippen LogP) is 22.2. The SMILES string of the molecule is Fc1c(F)c(F)c(-c2cc(-n3c4ccc(-c5ccc(-c6ccccc6)nc5)cc4c4cc(-c5ccc(-c6ccccc6)nc5)ccc43)c(C(F)(F)F)c(-n3c4ccc(-c5ccc(-c6ccccc6)nc5)cc4c4cc(-c5ccc(-c6ccccc6)nc5)ccc43)c2)c(F)c1F. The van der Waals surface area contributed by atoms with Gasteiger partial charge in [0.1, 0.15) is 5.56 Å². The van der Waals surface area contributed by atoms with Crippen LogP contribution >= 0.6 is 0 Å². The third-order valence-electron chi connectivity index (χ3n) is 17.6. The largest absolute Gasteiger partial charge is 0.420 e. The molecular formula is C81H46F8N6. The maximum atomic E-state index is 17.4. The normalized spacial score (nSPS) is 11.8. The van der Waals surface area contributed by atoms with Gasteiger partial charge in [-0.1, -0.05) is 170 Å². The summed E-state index contributed by atoms with van der Waals surface area (Å²) >= 11 is 0. The highest BCUT2D eigenvalue weighted by Crippen LogP contribution is 2.49. The van der Waals surface area contributed by atoms with Crippen LogP contribution in [-0.4, -0.2) is 29.1 Å². The van der Waals surface area contributed by atoms with Gasteiger partial charge < -0.3 is 9.13 Å². The van der Waals surface area contributed by atoms with Crippen molar-refractivity contribution < 1.29 is 35.1 Å². The summed E-state index contributed by atoms with van der Waals surface area (Å²) in [4.78, 5) is 19.1. The molecular weight excluding hydrogens is 1210 g/mol. The van der Waals surface area contributed by atoms with Gasteiger partial charge in [0, 0.05) is 90.8 Å². The number of benzene rings is 10. The zero-order chi connectivity index (χ0) is 64.6. The number of alkyl halides is 3. The maximum Gasteiger partial charge on any atom is 0.420 e. The van der Waals surface area contributed by atoms with Crippen molar-refractivity contribution >= 4 is 43.6 Å². The fourth-order valence-electron chi connectivity index (χ4n) is 12.9. The van der Waals surface area contributed by atoms with E-state index in [0.29, 0.717) is 88.8 Å². The smallest absolute Gasteiger partial charge is 0.309 e. The molecule has 0 radical (unpaired) electrons. The molecule has 0 bridgehead atoms. The minimum Gasteiger partial charge on any atom is -0.309 e. The minimum atomic E-state index is -5.30. The van der Waals surface area contributed by atoms with E-state index in [4.69, 9.17) is 19.9 Å². The van der Waals surface area contributed by atoms with Crippen LogP contribution < -0.4 is 0 Å². The summed E-state index contributed by atoms with van der Waals surface area (Å²) in [6.45, 7) is 0. The molecule has 6 aromatic heterocycles. The van der Waals surface area contributed by atoms with Gasteiger partial charge in [0.05, 0.1) is 61.8 Å². The Morgan fingerprint density at radius 2 is 0.495 bits per heavy atom. The van der Waals surface area contributed by atoms with Crippen LogP contribution in [0.3, 0.4) is 0 Å². The number of hydrogen-bond acceptors (Lipinski definition) is 4. The molecule has 0 N–H and O–H groups in total. The molecule has 0 spiro atoms. The highest BCUT2D eigenvalue weighted by molar-refractivity contribution is 6.14. The Balaban J connectivity index is 0.962. The number of nitrogens with zero attached hydrogens (tertiary/aromatic N) is 6. The molecule has 0 unspecified atom stereocenters. The first-order chi connectivity index (χ1) is 46.3. The van der Waals surface area contributed by atoms with Crippen LogP contribution in [0.4, 0.5) is 35.1 Å². The molecule has 16 aromatic rings. The first-order valence-corrected chi connectivity index (χ1v) is 30.3. The van der Waals surface area contributed by atoms with Crippen LogP contribution in [0, 0.1) is 29.1 Å². The molecule has 0 aliphatic heterocycles. The molecule has 14 heteroatoms. The summed E-state index contributed by atoms with van der Waals surface area (Å²) in [5.74, 6) is -11.4. The number of rotatable bonds is 11. The Morgan fingerprint density at radius 3 is 0.737 bits per heavy atom. The van der Waals surface area contributed by atoms with Crippen LogP contribution in [0.15, 0.2) is 280 Å². The van der Waals surface area contributed by atoms with E-state index in [2.05, 4.69) is 0 Å². The summed E-state index contributed by atoms with van der Waals surface area (Å²) in [6, 6.07) is 76.2. The number of fused-ring (bicyclic) bond motifs is 6. The topological polar surface area (TPSA) is 61.4 Å². The standard InChI is InChI=1S/C81H46F8N6/c82-76-74(77(83)79(85)80(86)78(76)84)59-41-72(94-68-33-25-51(55-21-29-64(90-43-55)47-13-5-1-6-14-47)37-60(68)61-38-52(26-34-69(61)94)56-22-30-65(91-44-56)48-15-7-2-8-16-48)75(81(87,88)89)73(42-59)95-70-35-27-53(57-23-31-66(92-45-57)49-17-9-3-10-18-49)39-62(70)63-40-54(28-36-71(63)95)58-24-32-67(93-46-58)50-19-11-4-12-20-50/h1-46H. The molecule has 0 saturated heterocycles. The van der Waals surface area contributed by atoms with Crippen LogP contribution in [0.25, 0.3) is 156 Å².